The van der Waals surface area contributed by atoms with Gasteiger partial charge in [0.15, 0.2) is 5.75 Å². The second kappa shape index (κ2) is 5.80. The molecule has 0 radical (unpaired) electrons. The van der Waals surface area contributed by atoms with Gasteiger partial charge in [-0.05, 0) is 68.1 Å². The zero-order chi connectivity index (χ0) is 19.6. The van der Waals surface area contributed by atoms with Crippen molar-refractivity contribution < 1.29 is 4.74 Å². The lowest BCUT2D eigenvalue weighted by Crippen LogP contribution is -2.14. The van der Waals surface area contributed by atoms with E-state index in [4.69, 9.17) is 9.72 Å². The average molecular weight is 385 g/mol. The van der Waals surface area contributed by atoms with Crippen LogP contribution >= 0.6 is 11.3 Å². The van der Waals surface area contributed by atoms with E-state index >= 15 is 0 Å². The minimum atomic E-state index is -0.483. The van der Waals surface area contributed by atoms with Crippen molar-refractivity contribution >= 4 is 32.3 Å². The number of nitriles is 1. The van der Waals surface area contributed by atoms with Gasteiger partial charge >= 0.3 is 0 Å². The van der Waals surface area contributed by atoms with Crippen LogP contribution in [0.3, 0.4) is 0 Å². The van der Waals surface area contributed by atoms with Crippen LogP contribution in [0.1, 0.15) is 30.5 Å². The summed E-state index contributed by atoms with van der Waals surface area (Å²) >= 11 is 1.67. The lowest BCUT2D eigenvalue weighted by atomic mass is 9.85. The molecule has 4 aromatic rings. The summed E-state index contributed by atoms with van der Waals surface area (Å²) < 4.78 is 7.59. The highest BCUT2D eigenvalue weighted by atomic mass is 32.1. The molecule has 0 spiro atoms. The van der Waals surface area contributed by atoms with E-state index in [2.05, 4.69) is 43.5 Å². The second-order valence-corrected chi connectivity index (χ2v) is 9.14. The van der Waals surface area contributed by atoms with Gasteiger partial charge in [0, 0.05) is 16.5 Å². The van der Waals surface area contributed by atoms with Crippen LogP contribution in [0.5, 0.6) is 11.5 Å². The number of hydrogen-bond acceptors (Lipinski definition) is 4. The molecule has 2 aromatic heterocycles. The van der Waals surface area contributed by atoms with Crippen LogP contribution in [0.15, 0.2) is 35.7 Å². The Kier molecular flexibility index (Phi) is 3.56. The van der Waals surface area contributed by atoms with Gasteiger partial charge in [-0.1, -0.05) is 18.2 Å². The van der Waals surface area contributed by atoms with Gasteiger partial charge < -0.3 is 4.74 Å². The molecule has 3 nitrogen and oxygen atoms in total. The van der Waals surface area contributed by atoms with E-state index in [9.17, 15) is 5.26 Å². The summed E-state index contributed by atoms with van der Waals surface area (Å²) in [6.45, 7) is 8.27. The summed E-state index contributed by atoms with van der Waals surface area (Å²) in [5.74, 6) is 1.68. The number of fused-ring (bicyclic) bond motifs is 3. The van der Waals surface area contributed by atoms with Gasteiger partial charge in [-0.25, -0.2) is 4.98 Å². The molecule has 0 unspecified atom stereocenters. The lowest BCUT2D eigenvalue weighted by molar-refractivity contribution is 0.452. The summed E-state index contributed by atoms with van der Waals surface area (Å²) in [5.41, 5.74) is 6.13. The molecule has 28 heavy (non-hydrogen) atoms. The van der Waals surface area contributed by atoms with Crippen molar-refractivity contribution in [3.8, 4) is 28.8 Å². The highest BCUT2D eigenvalue weighted by Crippen LogP contribution is 2.51. The number of nitrogens with zero attached hydrogens (tertiary/aromatic N) is 2. The van der Waals surface area contributed by atoms with Crippen LogP contribution < -0.4 is 4.74 Å². The van der Waals surface area contributed by atoms with Crippen LogP contribution in [0.25, 0.3) is 32.2 Å². The molecule has 1 aliphatic heterocycles. The van der Waals surface area contributed by atoms with Crippen molar-refractivity contribution in [1.82, 2.24) is 4.98 Å². The Balaban J connectivity index is 1.92. The van der Waals surface area contributed by atoms with Crippen LogP contribution in [0, 0.1) is 30.6 Å². The summed E-state index contributed by atoms with van der Waals surface area (Å²) in [6, 6.07) is 12.9. The minimum Gasteiger partial charge on any atom is -0.454 e. The summed E-state index contributed by atoms with van der Waals surface area (Å²) in [4.78, 5) is 5.02. The molecular formula is C24H20N2OS. The molecule has 0 fully saturated rings. The maximum Gasteiger partial charge on any atom is 0.158 e. The van der Waals surface area contributed by atoms with Gasteiger partial charge in [0.05, 0.1) is 21.7 Å². The first-order chi connectivity index (χ1) is 13.4. The van der Waals surface area contributed by atoms with Gasteiger partial charge in [-0.3, -0.25) is 0 Å². The topological polar surface area (TPSA) is 45.9 Å². The first kappa shape index (κ1) is 17.2. The van der Waals surface area contributed by atoms with Gasteiger partial charge in [-0.15, -0.1) is 11.3 Å². The number of hydrogen-bond donors (Lipinski definition) is 0. The predicted octanol–water partition coefficient (Wildman–Crippen LogP) is 6.93. The normalized spacial score (nSPS) is 12.7. The van der Waals surface area contributed by atoms with Crippen molar-refractivity contribution in [3.05, 3.63) is 52.4 Å². The number of benzene rings is 2. The summed E-state index contributed by atoms with van der Waals surface area (Å²) in [5, 5.41) is 14.0. The Hall–Kier alpha value is -2.90. The zero-order valence-electron chi connectivity index (χ0n) is 16.4. The van der Waals surface area contributed by atoms with Crippen molar-refractivity contribution in [2.45, 2.75) is 34.1 Å². The highest BCUT2D eigenvalue weighted by molar-refractivity contribution is 7.17. The van der Waals surface area contributed by atoms with Crippen LogP contribution in [-0.4, -0.2) is 4.98 Å². The molecule has 1 aliphatic rings. The molecule has 5 rings (SSSR count). The number of aromatic nitrogens is 1. The van der Waals surface area contributed by atoms with E-state index in [1.54, 1.807) is 11.3 Å². The van der Waals surface area contributed by atoms with Gasteiger partial charge in [0.25, 0.3) is 0 Å². The van der Waals surface area contributed by atoms with Crippen molar-refractivity contribution in [2.75, 3.05) is 0 Å². The number of pyridine rings is 1. The maximum absolute atomic E-state index is 9.64. The molecule has 3 heterocycles. The lowest BCUT2D eigenvalue weighted by Gasteiger charge is -2.27. The van der Waals surface area contributed by atoms with E-state index in [0.717, 1.165) is 43.9 Å². The Labute approximate surface area is 168 Å². The van der Waals surface area contributed by atoms with E-state index in [0.29, 0.717) is 6.42 Å². The average Bonchev–Trinajstić information content (AvgIpc) is 3.14. The molecule has 0 saturated heterocycles. The van der Waals surface area contributed by atoms with E-state index in [1.807, 2.05) is 26.0 Å². The maximum atomic E-state index is 9.64. The quantitative estimate of drug-likeness (QED) is 0.331. The van der Waals surface area contributed by atoms with Crippen molar-refractivity contribution in [2.24, 2.45) is 5.41 Å². The van der Waals surface area contributed by atoms with Crippen LogP contribution in [0.2, 0.25) is 0 Å². The number of thiophene rings is 1. The molecule has 2 aromatic carbocycles. The van der Waals surface area contributed by atoms with Crippen LogP contribution in [-0.2, 0) is 6.42 Å². The smallest absolute Gasteiger partial charge is 0.158 e. The summed E-state index contributed by atoms with van der Waals surface area (Å²) in [7, 11) is 0. The fourth-order valence-corrected chi connectivity index (χ4v) is 4.98. The molecule has 0 N–H and O–H groups in total. The Morgan fingerprint density at radius 3 is 2.82 bits per heavy atom. The molecule has 0 saturated carbocycles. The molecule has 0 aliphatic carbocycles. The largest absolute Gasteiger partial charge is 0.454 e. The predicted molar refractivity (Wildman–Crippen MR) is 115 cm³/mol. The second-order valence-electron chi connectivity index (χ2n) is 8.23. The Morgan fingerprint density at radius 1 is 1.21 bits per heavy atom. The molecule has 0 atom stereocenters. The molecular weight excluding hydrogens is 364 g/mol. The number of ether oxygens (including phenoxy) is 1. The first-order valence-electron chi connectivity index (χ1n) is 9.42. The molecule has 0 bridgehead atoms. The van der Waals surface area contributed by atoms with Crippen molar-refractivity contribution in [3.63, 3.8) is 0 Å². The van der Waals surface area contributed by atoms with Crippen molar-refractivity contribution in [1.29, 1.82) is 5.26 Å². The SMILES string of the molecule is Cc1cc2cccc3c2c(c1C)-c1nc2ccsc2c(CC(C)(C)C#N)c1O3. The van der Waals surface area contributed by atoms with Gasteiger partial charge in [-0.2, -0.15) is 5.26 Å². The zero-order valence-corrected chi connectivity index (χ0v) is 17.2. The Morgan fingerprint density at radius 2 is 2.04 bits per heavy atom. The fourth-order valence-electron chi connectivity index (χ4n) is 4.11. The molecule has 138 valence electrons. The Bertz CT molecular complexity index is 1320. The van der Waals surface area contributed by atoms with Gasteiger partial charge in [0.2, 0.25) is 0 Å². The highest BCUT2D eigenvalue weighted by Gasteiger charge is 2.30. The monoisotopic (exact) mass is 384 g/mol. The van der Waals surface area contributed by atoms with E-state index in [1.165, 1.54) is 16.5 Å². The number of aryl methyl sites for hydroxylation is 1. The number of rotatable bonds is 2. The third-order valence-electron chi connectivity index (χ3n) is 5.66. The summed E-state index contributed by atoms with van der Waals surface area (Å²) in [6.07, 6.45) is 0.627. The van der Waals surface area contributed by atoms with Gasteiger partial charge in [0.1, 0.15) is 11.4 Å². The third-order valence-corrected chi connectivity index (χ3v) is 6.62. The minimum absolute atomic E-state index is 0.483. The standard InChI is InChI=1S/C24H20N2OS/c1-13-10-15-6-5-7-18-20(15)19(14(13)2)21-22(27-18)16(11-24(3,4)12-25)23-17(26-21)8-9-28-23/h5-10H,11H2,1-4H3. The molecule has 4 heteroatoms. The third kappa shape index (κ3) is 2.36. The van der Waals surface area contributed by atoms with Crippen LogP contribution in [0.4, 0.5) is 0 Å². The fraction of sp³-hybridized carbons (Fsp3) is 0.250. The first-order valence-corrected chi connectivity index (χ1v) is 10.3. The molecule has 0 amide bonds. The van der Waals surface area contributed by atoms with E-state index in [-0.39, 0.29) is 0 Å². The van der Waals surface area contributed by atoms with E-state index < -0.39 is 5.41 Å².